The fourth-order valence-electron chi connectivity index (χ4n) is 3.77. The van der Waals surface area contributed by atoms with Crippen molar-refractivity contribution in [1.82, 2.24) is 15.1 Å². The monoisotopic (exact) mass is 301 g/mol. The van der Waals surface area contributed by atoms with Gasteiger partial charge in [0.25, 0.3) is 5.91 Å². The summed E-state index contributed by atoms with van der Waals surface area (Å²) in [5.74, 6) is 0.698. The summed E-state index contributed by atoms with van der Waals surface area (Å²) in [6, 6.07) is 5.98. The van der Waals surface area contributed by atoms with E-state index in [1.165, 1.54) is 0 Å². The first kappa shape index (κ1) is 13.6. The second kappa shape index (κ2) is 5.28. The zero-order chi connectivity index (χ0) is 15.1. The molecule has 6 nitrogen and oxygen atoms in total. The number of hydrogen-bond donors (Lipinski definition) is 1. The van der Waals surface area contributed by atoms with Crippen molar-refractivity contribution in [2.24, 2.45) is 0 Å². The Morgan fingerprint density at radius 3 is 2.82 bits per heavy atom. The van der Waals surface area contributed by atoms with Crippen LogP contribution in [-0.2, 0) is 4.74 Å². The molecule has 22 heavy (non-hydrogen) atoms. The summed E-state index contributed by atoms with van der Waals surface area (Å²) in [6.07, 6.45) is 5.85. The van der Waals surface area contributed by atoms with Crippen LogP contribution in [-0.4, -0.2) is 46.3 Å². The molecule has 2 bridgehead atoms. The lowest BCUT2D eigenvalue weighted by Crippen LogP contribution is -2.48. The Morgan fingerprint density at radius 1 is 1.41 bits per heavy atom. The van der Waals surface area contributed by atoms with Crippen molar-refractivity contribution >= 4 is 5.91 Å². The van der Waals surface area contributed by atoms with Gasteiger partial charge in [0.2, 0.25) is 0 Å². The van der Waals surface area contributed by atoms with Gasteiger partial charge in [0.15, 0.2) is 11.5 Å². The van der Waals surface area contributed by atoms with Crippen LogP contribution in [0.15, 0.2) is 28.9 Å². The summed E-state index contributed by atoms with van der Waals surface area (Å²) in [7, 11) is 1.75. The average molecular weight is 301 g/mol. The van der Waals surface area contributed by atoms with E-state index in [9.17, 15) is 4.79 Å². The third-order valence-electron chi connectivity index (χ3n) is 4.84. The van der Waals surface area contributed by atoms with Crippen molar-refractivity contribution in [3.63, 3.8) is 0 Å². The van der Waals surface area contributed by atoms with Crippen LogP contribution in [0, 0.1) is 0 Å². The zero-order valence-corrected chi connectivity index (χ0v) is 12.5. The maximum Gasteiger partial charge on any atom is 0.274 e. The molecule has 4 heterocycles. The lowest BCUT2D eigenvalue weighted by Gasteiger charge is -2.38. The lowest BCUT2D eigenvalue weighted by molar-refractivity contribution is 0.00794. The molecule has 2 aromatic heterocycles. The quantitative estimate of drug-likeness (QED) is 0.945. The number of rotatable bonds is 3. The van der Waals surface area contributed by atoms with Crippen molar-refractivity contribution < 1.29 is 13.9 Å². The summed E-state index contributed by atoms with van der Waals surface area (Å²) in [5.41, 5.74) is 1.19. The number of nitrogens with one attached hydrogen (secondary N) is 1. The van der Waals surface area contributed by atoms with Gasteiger partial charge >= 0.3 is 0 Å². The van der Waals surface area contributed by atoms with Gasteiger partial charge in [-0.2, -0.15) is 5.10 Å². The van der Waals surface area contributed by atoms with E-state index < -0.39 is 0 Å². The molecule has 2 fully saturated rings. The topological polar surface area (TPSA) is 71.4 Å². The number of carbonyl (C=O) groups excluding carboxylic acids is 1. The Labute approximate surface area is 128 Å². The van der Waals surface area contributed by atoms with Crippen LogP contribution in [0.4, 0.5) is 0 Å². The van der Waals surface area contributed by atoms with Gasteiger partial charge in [0.1, 0.15) is 5.69 Å². The molecule has 2 saturated heterocycles. The number of ether oxygens (including phenoxy) is 1. The number of aromatic nitrogens is 2. The van der Waals surface area contributed by atoms with Crippen molar-refractivity contribution in [3.05, 3.63) is 30.2 Å². The van der Waals surface area contributed by atoms with Gasteiger partial charge < -0.3 is 14.1 Å². The fourth-order valence-corrected chi connectivity index (χ4v) is 3.77. The third-order valence-corrected chi connectivity index (χ3v) is 4.84. The maximum atomic E-state index is 12.8. The van der Waals surface area contributed by atoms with Crippen molar-refractivity contribution in [3.8, 4) is 11.5 Å². The number of fused-ring (bicyclic) bond motifs is 2. The van der Waals surface area contributed by atoms with Crippen LogP contribution in [0.25, 0.3) is 11.5 Å². The smallest absolute Gasteiger partial charge is 0.274 e. The van der Waals surface area contributed by atoms with Crippen LogP contribution >= 0.6 is 0 Å². The predicted molar refractivity (Wildman–Crippen MR) is 79.3 cm³/mol. The molecule has 1 N–H and O–H groups in total. The number of nitrogens with zero attached hydrogens (tertiary/aromatic N) is 2. The molecule has 2 aliphatic heterocycles. The summed E-state index contributed by atoms with van der Waals surface area (Å²) in [5, 5.41) is 7.06. The van der Waals surface area contributed by atoms with Crippen molar-refractivity contribution in [2.75, 3.05) is 7.11 Å². The van der Waals surface area contributed by atoms with E-state index >= 15 is 0 Å². The zero-order valence-electron chi connectivity index (χ0n) is 12.5. The largest absolute Gasteiger partial charge is 0.463 e. The maximum absolute atomic E-state index is 12.8. The summed E-state index contributed by atoms with van der Waals surface area (Å²) >= 11 is 0. The Balaban J connectivity index is 1.55. The first-order valence-electron chi connectivity index (χ1n) is 7.71. The van der Waals surface area contributed by atoms with Crippen LogP contribution in [0.5, 0.6) is 0 Å². The Morgan fingerprint density at radius 2 is 2.18 bits per heavy atom. The number of hydrogen-bond acceptors (Lipinski definition) is 4. The fraction of sp³-hybridized carbons (Fsp3) is 0.500. The highest BCUT2D eigenvalue weighted by Gasteiger charge is 2.44. The second-order valence-electron chi connectivity index (χ2n) is 6.07. The number of methoxy groups -OCH3 is 1. The summed E-state index contributed by atoms with van der Waals surface area (Å²) < 4.78 is 10.8. The van der Waals surface area contributed by atoms with E-state index in [4.69, 9.17) is 9.15 Å². The summed E-state index contributed by atoms with van der Waals surface area (Å²) in [6.45, 7) is 0. The van der Waals surface area contributed by atoms with Crippen LogP contribution in [0.2, 0.25) is 0 Å². The van der Waals surface area contributed by atoms with Gasteiger partial charge in [-0.3, -0.25) is 9.89 Å². The molecule has 0 aromatic carbocycles. The molecule has 2 unspecified atom stereocenters. The van der Waals surface area contributed by atoms with E-state index in [1.807, 2.05) is 17.0 Å². The molecule has 116 valence electrons. The highest BCUT2D eigenvalue weighted by Crippen LogP contribution is 2.37. The molecule has 4 rings (SSSR count). The molecule has 2 atom stereocenters. The normalized spacial score (nSPS) is 27.3. The number of carbonyl (C=O) groups is 1. The van der Waals surface area contributed by atoms with Crippen molar-refractivity contribution in [2.45, 2.75) is 43.9 Å². The second-order valence-corrected chi connectivity index (χ2v) is 6.07. The Bertz CT molecular complexity index is 650. The highest BCUT2D eigenvalue weighted by atomic mass is 16.5. The molecule has 0 radical (unpaired) electrons. The standard InChI is InChI=1S/C16H19N3O3/c1-21-12-7-10-4-5-11(8-12)19(10)16(20)14-9-13(17-18-14)15-3-2-6-22-15/h2-3,6,9-12H,4-5,7-8H2,1H3,(H,17,18). The lowest BCUT2D eigenvalue weighted by atomic mass is 9.99. The number of aromatic amines is 1. The van der Waals surface area contributed by atoms with Crippen LogP contribution in [0.3, 0.4) is 0 Å². The van der Waals surface area contributed by atoms with Gasteiger partial charge in [0.05, 0.1) is 12.4 Å². The van der Waals surface area contributed by atoms with E-state index in [1.54, 1.807) is 19.4 Å². The number of furan rings is 1. The first-order chi connectivity index (χ1) is 10.8. The molecule has 6 heteroatoms. The Kier molecular flexibility index (Phi) is 3.26. The number of H-pyrrole nitrogens is 1. The summed E-state index contributed by atoms with van der Waals surface area (Å²) in [4.78, 5) is 14.8. The van der Waals surface area contributed by atoms with Gasteiger partial charge in [-0.25, -0.2) is 0 Å². The van der Waals surface area contributed by atoms with Gasteiger partial charge in [-0.1, -0.05) is 0 Å². The molecule has 2 aromatic rings. The highest BCUT2D eigenvalue weighted by molar-refractivity contribution is 5.94. The molecule has 1 amide bonds. The van der Waals surface area contributed by atoms with Gasteiger partial charge in [-0.15, -0.1) is 0 Å². The van der Waals surface area contributed by atoms with Crippen LogP contribution < -0.4 is 0 Å². The molecular formula is C16H19N3O3. The van der Waals surface area contributed by atoms with E-state index in [0.29, 0.717) is 11.5 Å². The third kappa shape index (κ3) is 2.14. The molecular weight excluding hydrogens is 282 g/mol. The van der Waals surface area contributed by atoms with Gasteiger partial charge in [0, 0.05) is 25.3 Å². The van der Waals surface area contributed by atoms with Crippen LogP contribution in [0.1, 0.15) is 36.2 Å². The van der Waals surface area contributed by atoms with Gasteiger partial charge in [-0.05, 0) is 37.8 Å². The molecule has 0 spiro atoms. The van der Waals surface area contributed by atoms with Crippen molar-refractivity contribution in [1.29, 1.82) is 0 Å². The Hall–Kier alpha value is -2.08. The first-order valence-corrected chi connectivity index (χ1v) is 7.71. The van der Waals surface area contributed by atoms with E-state index in [2.05, 4.69) is 10.2 Å². The SMILES string of the molecule is COC1CC2CCC(C1)N2C(=O)c1cc(-c2ccco2)[nH]n1. The molecule has 2 aliphatic rings. The molecule has 0 aliphatic carbocycles. The minimum atomic E-state index is 0.0103. The minimum Gasteiger partial charge on any atom is -0.463 e. The van der Waals surface area contributed by atoms with E-state index in [0.717, 1.165) is 31.4 Å². The molecule has 0 saturated carbocycles. The minimum absolute atomic E-state index is 0.0103. The number of piperidine rings is 1. The number of amides is 1. The predicted octanol–water partition coefficient (Wildman–Crippen LogP) is 2.45. The van der Waals surface area contributed by atoms with E-state index in [-0.39, 0.29) is 24.1 Å². The average Bonchev–Trinajstić information content (AvgIpc) is 3.25.